The van der Waals surface area contributed by atoms with Crippen LogP contribution in [0.15, 0.2) is 30.3 Å². The molecule has 0 atom stereocenters. The van der Waals surface area contributed by atoms with Gasteiger partial charge < -0.3 is 20.1 Å². The van der Waals surface area contributed by atoms with Crippen molar-refractivity contribution in [1.29, 1.82) is 0 Å². The van der Waals surface area contributed by atoms with Crippen molar-refractivity contribution in [3.8, 4) is 11.5 Å². The van der Waals surface area contributed by atoms with Crippen LogP contribution in [0.1, 0.15) is 10.4 Å². The summed E-state index contributed by atoms with van der Waals surface area (Å²) >= 11 is 1.24. The summed E-state index contributed by atoms with van der Waals surface area (Å²) in [5, 5.41) is 5.19. The third-order valence-electron chi connectivity index (χ3n) is 3.88. The van der Waals surface area contributed by atoms with E-state index in [0.717, 1.165) is 16.8 Å². The Bertz CT molecular complexity index is 1040. The molecule has 144 valence electrons. The predicted molar refractivity (Wildman–Crippen MR) is 97.9 cm³/mol. The lowest BCUT2D eigenvalue weighted by Crippen LogP contribution is -2.33. The van der Waals surface area contributed by atoms with E-state index < -0.39 is 30.0 Å². The van der Waals surface area contributed by atoms with Gasteiger partial charge in [0.15, 0.2) is 16.6 Å². The van der Waals surface area contributed by atoms with Gasteiger partial charge in [0.1, 0.15) is 24.8 Å². The second-order valence-electron chi connectivity index (χ2n) is 5.84. The Hall–Kier alpha value is -3.27. The first-order valence-corrected chi connectivity index (χ1v) is 9.04. The molecule has 2 amide bonds. The number of halogens is 2. The number of amides is 2. The zero-order valence-electron chi connectivity index (χ0n) is 14.3. The van der Waals surface area contributed by atoms with Crippen LogP contribution in [-0.2, 0) is 4.79 Å². The van der Waals surface area contributed by atoms with Gasteiger partial charge in [-0.1, -0.05) is 11.3 Å². The van der Waals surface area contributed by atoms with E-state index in [1.165, 1.54) is 11.3 Å². The van der Waals surface area contributed by atoms with Gasteiger partial charge in [-0.2, -0.15) is 0 Å². The fourth-order valence-electron chi connectivity index (χ4n) is 2.61. The quantitative estimate of drug-likeness (QED) is 0.697. The normalized spacial score (nSPS) is 12.6. The second kappa shape index (κ2) is 7.39. The average molecular weight is 405 g/mol. The molecule has 1 aliphatic heterocycles. The SMILES string of the molecule is O=C(CNC(=O)c1ccc(F)cc1F)Nc1nc2cc3c(cc2s1)OCCO3. The molecule has 28 heavy (non-hydrogen) atoms. The third-order valence-corrected chi connectivity index (χ3v) is 4.82. The lowest BCUT2D eigenvalue weighted by atomic mass is 10.2. The first-order valence-electron chi connectivity index (χ1n) is 8.23. The van der Waals surface area contributed by atoms with Crippen molar-refractivity contribution in [3.05, 3.63) is 47.5 Å². The topological polar surface area (TPSA) is 89.6 Å². The van der Waals surface area contributed by atoms with Crippen LogP contribution in [0, 0.1) is 11.6 Å². The molecule has 2 heterocycles. The number of anilines is 1. The number of benzene rings is 2. The Kier molecular flexibility index (Phi) is 4.78. The van der Waals surface area contributed by atoms with E-state index in [0.29, 0.717) is 41.4 Å². The molecule has 3 aromatic rings. The van der Waals surface area contributed by atoms with Gasteiger partial charge >= 0.3 is 0 Å². The summed E-state index contributed by atoms with van der Waals surface area (Å²) in [5.74, 6) is -1.94. The first kappa shape index (κ1) is 18.1. The number of nitrogens with one attached hydrogen (secondary N) is 2. The van der Waals surface area contributed by atoms with Crippen molar-refractivity contribution in [1.82, 2.24) is 10.3 Å². The van der Waals surface area contributed by atoms with E-state index in [4.69, 9.17) is 9.47 Å². The minimum Gasteiger partial charge on any atom is -0.486 e. The van der Waals surface area contributed by atoms with Gasteiger partial charge in [-0.15, -0.1) is 0 Å². The molecule has 0 spiro atoms. The van der Waals surface area contributed by atoms with Gasteiger partial charge in [-0.3, -0.25) is 9.59 Å². The molecule has 1 aliphatic rings. The average Bonchev–Trinajstić information content (AvgIpc) is 3.05. The Morgan fingerprint density at radius 3 is 2.61 bits per heavy atom. The van der Waals surface area contributed by atoms with E-state index in [1.807, 2.05) is 0 Å². The molecule has 2 N–H and O–H groups in total. The smallest absolute Gasteiger partial charge is 0.254 e. The maximum atomic E-state index is 13.6. The number of nitrogens with zero attached hydrogens (tertiary/aromatic N) is 1. The van der Waals surface area contributed by atoms with Crippen molar-refractivity contribution in [2.45, 2.75) is 0 Å². The number of ether oxygens (including phenoxy) is 2. The highest BCUT2D eigenvalue weighted by Gasteiger charge is 2.17. The summed E-state index contributed by atoms with van der Waals surface area (Å²) in [6.07, 6.45) is 0. The fourth-order valence-corrected chi connectivity index (χ4v) is 3.50. The lowest BCUT2D eigenvalue weighted by Gasteiger charge is -2.17. The summed E-state index contributed by atoms with van der Waals surface area (Å²) < 4.78 is 38.3. The van der Waals surface area contributed by atoms with E-state index in [9.17, 15) is 18.4 Å². The molecule has 0 fully saturated rings. The highest BCUT2D eigenvalue weighted by Crippen LogP contribution is 2.37. The number of fused-ring (bicyclic) bond motifs is 2. The number of hydrogen-bond acceptors (Lipinski definition) is 6. The van der Waals surface area contributed by atoms with Crippen molar-refractivity contribution >= 4 is 38.5 Å². The fraction of sp³-hybridized carbons (Fsp3) is 0.167. The summed E-state index contributed by atoms with van der Waals surface area (Å²) in [7, 11) is 0. The molecule has 10 heteroatoms. The van der Waals surface area contributed by atoms with Crippen molar-refractivity contribution in [2.75, 3.05) is 25.1 Å². The number of hydrogen-bond donors (Lipinski definition) is 2. The summed E-state index contributed by atoms with van der Waals surface area (Å²) in [6, 6.07) is 6.10. The van der Waals surface area contributed by atoms with Crippen LogP contribution in [0.2, 0.25) is 0 Å². The molecular formula is C18H13F2N3O4S. The monoisotopic (exact) mass is 405 g/mol. The van der Waals surface area contributed by atoms with Crippen LogP contribution in [0.25, 0.3) is 10.2 Å². The Morgan fingerprint density at radius 1 is 1.11 bits per heavy atom. The van der Waals surface area contributed by atoms with Crippen LogP contribution in [0.3, 0.4) is 0 Å². The van der Waals surface area contributed by atoms with Gasteiger partial charge in [0.25, 0.3) is 5.91 Å². The van der Waals surface area contributed by atoms with Gasteiger partial charge in [0, 0.05) is 18.2 Å². The maximum Gasteiger partial charge on any atom is 0.254 e. The van der Waals surface area contributed by atoms with Crippen LogP contribution in [0.5, 0.6) is 11.5 Å². The summed E-state index contributed by atoms with van der Waals surface area (Å²) in [5.41, 5.74) is 0.293. The van der Waals surface area contributed by atoms with Crippen molar-refractivity contribution in [2.24, 2.45) is 0 Å². The zero-order chi connectivity index (χ0) is 19.7. The molecule has 2 aromatic carbocycles. The molecule has 1 aromatic heterocycles. The number of aromatic nitrogens is 1. The molecule has 7 nitrogen and oxygen atoms in total. The lowest BCUT2D eigenvalue weighted by molar-refractivity contribution is -0.115. The third kappa shape index (κ3) is 3.72. The van der Waals surface area contributed by atoms with Crippen LogP contribution in [0.4, 0.5) is 13.9 Å². The first-order chi connectivity index (χ1) is 13.5. The predicted octanol–water partition coefficient (Wildman–Crippen LogP) is 2.71. The maximum absolute atomic E-state index is 13.6. The second-order valence-corrected chi connectivity index (χ2v) is 6.87. The molecule has 0 saturated carbocycles. The number of rotatable bonds is 4. The molecule has 4 rings (SSSR count). The molecule has 0 bridgehead atoms. The standard InChI is InChI=1S/C18H13F2N3O4S/c19-9-1-2-10(11(20)5-9)17(25)21-8-16(24)23-18-22-12-6-13-14(7-15(12)28-18)27-4-3-26-13/h1-2,5-7H,3-4,8H2,(H,21,25)(H,22,23,24). The highest BCUT2D eigenvalue weighted by molar-refractivity contribution is 7.22. The molecular weight excluding hydrogens is 392 g/mol. The van der Waals surface area contributed by atoms with Gasteiger partial charge in [0.2, 0.25) is 5.91 Å². The summed E-state index contributed by atoms with van der Waals surface area (Å²) in [6.45, 7) is 0.532. The van der Waals surface area contributed by atoms with Crippen LogP contribution < -0.4 is 20.1 Å². The zero-order valence-corrected chi connectivity index (χ0v) is 15.1. The number of carbonyl (C=O) groups is 2. The molecule has 0 radical (unpaired) electrons. The Labute approximate surface area is 161 Å². The van der Waals surface area contributed by atoms with E-state index in [-0.39, 0.29) is 5.56 Å². The van der Waals surface area contributed by atoms with E-state index in [2.05, 4.69) is 15.6 Å². The molecule has 0 unspecified atom stereocenters. The van der Waals surface area contributed by atoms with Gasteiger partial charge in [-0.25, -0.2) is 13.8 Å². The Morgan fingerprint density at radius 2 is 1.86 bits per heavy atom. The largest absolute Gasteiger partial charge is 0.486 e. The van der Waals surface area contributed by atoms with Crippen LogP contribution in [-0.4, -0.2) is 36.6 Å². The minimum absolute atomic E-state index is 0.338. The van der Waals surface area contributed by atoms with Crippen molar-refractivity contribution < 1.29 is 27.8 Å². The van der Waals surface area contributed by atoms with Gasteiger partial charge in [0.05, 0.1) is 22.3 Å². The van der Waals surface area contributed by atoms with E-state index in [1.54, 1.807) is 12.1 Å². The van der Waals surface area contributed by atoms with E-state index >= 15 is 0 Å². The van der Waals surface area contributed by atoms with Crippen molar-refractivity contribution in [3.63, 3.8) is 0 Å². The highest BCUT2D eigenvalue weighted by atomic mass is 32.1. The Balaban J connectivity index is 1.40. The molecule has 0 saturated heterocycles. The van der Waals surface area contributed by atoms with Gasteiger partial charge in [-0.05, 0) is 12.1 Å². The molecule has 0 aliphatic carbocycles. The number of carbonyl (C=O) groups excluding carboxylic acids is 2. The minimum atomic E-state index is -1.00. The summed E-state index contributed by atoms with van der Waals surface area (Å²) in [4.78, 5) is 28.3. The number of thiazole rings is 1. The van der Waals surface area contributed by atoms with Crippen LogP contribution >= 0.6 is 11.3 Å².